The molecule has 0 saturated carbocycles. The van der Waals surface area contributed by atoms with Crippen LogP contribution in [0.15, 0.2) is 42.7 Å². The number of aromatic nitrogens is 1. The topological polar surface area (TPSA) is 57.6 Å². The molecular weight excluding hydrogens is 419 g/mol. The minimum absolute atomic E-state index is 0.121. The number of alkyl halides is 3. The number of halogens is 3. The van der Waals surface area contributed by atoms with E-state index in [0.29, 0.717) is 25.3 Å². The van der Waals surface area contributed by atoms with Crippen LogP contribution in [-0.2, 0) is 10.9 Å². The Hall–Kier alpha value is -2.58. The second-order valence-electron chi connectivity index (χ2n) is 8.02. The van der Waals surface area contributed by atoms with Crippen molar-refractivity contribution < 1.29 is 23.0 Å². The molecule has 1 aliphatic heterocycles. The molecule has 2 aromatic rings. The lowest BCUT2D eigenvalue weighted by Crippen LogP contribution is -2.32. The summed E-state index contributed by atoms with van der Waals surface area (Å²) < 4.78 is 45.0. The zero-order chi connectivity index (χ0) is 23.3. The van der Waals surface area contributed by atoms with Crippen molar-refractivity contribution in [3.05, 3.63) is 65.0 Å². The maximum Gasteiger partial charge on any atom is 0.416 e. The molecule has 0 saturated heterocycles. The van der Waals surface area contributed by atoms with Gasteiger partial charge >= 0.3 is 6.18 Å². The number of phenolic OH excluding ortho intramolecular Hbond substituents is 1. The van der Waals surface area contributed by atoms with Gasteiger partial charge in [-0.3, -0.25) is 9.88 Å². The number of benzene rings is 1. The lowest BCUT2D eigenvalue weighted by atomic mass is 9.93. The lowest BCUT2D eigenvalue weighted by molar-refractivity contribution is -0.137. The second kappa shape index (κ2) is 10.4. The van der Waals surface area contributed by atoms with Gasteiger partial charge in [-0.15, -0.1) is 0 Å². The fourth-order valence-corrected chi connectivity index (χ4v) is 3.90. The number of rotatable bonds is 8. The Labute approximate surface area is 186 Å². The predicted molar refractivity (Wildman–Crippen MR) is 118 cm³/mol. The summed E-state index contributed by atoms with van der Waals surface area (Å²) >= 11 is 0. The van der Waals surface area contributed by atoms with Crippen LogP contribution in [0.5, 0.6) is 5.75 Å². The van der Waals surface area contributed by atoms with Crippen LogP contribution in [0.1, 0.15) is 55.0 Å². The first kappa shape index (κ1) is 24.1. The van der Waals surface area contributed by atoms with Gasteiger partial charge in [0.25, 0.3) is 0 Å². The molecule has 0 amide bonds. The van der Waals surface area contributed by atoms with Crippen LogP contribution in [0, 0.1) is 0 Å². The van der Waals surface area contributed by atoms with Crippen molar-refractivity contribution in [2.24, 2.45) is 0 Å². The molecule has 0 aliphatic carbocycles. The standard InChI is InChI=1S/C24H30F3N3O2/c1-4-12-32-15-17(5-2)29-21-9-11-30(3)23(20-14-28-10-8-18(20)21)19-7-6-16(13-22(19)31)24(25,26)27/h6-10,13-14,17,23,29,31H,4-5,11-12,15H2,1-3H3. The normalized spacial score (nSPS) is 17.9. The fourth-order valence-electron chi connectivity index (χ4n) is 3.90. The highest BCUT2D eigenvalue weighted by Crippen LogP contribution is 2.40. The van der Waals surface area contributed by atoms with Crippen molar-refractivity contribution in [1.29, 1.82) is 0 Å². The summed E-state index contributed by atoms with van der Waals surface area (Å²) in [6.45, 7) is 5.98. The molecule has 1 aliphatic rings. The molecule has 2 heterocycles. The third-order valence-corrected chi connectivity index (χ3v) is 5.63. The quantitative estimate of drug-likeness (QED) is 0.557. The lowest BCUT2D eigenvalue weighted by Gasteiger charge is -2.28. The molecule has 1 aromatic carbocycles. The summed E-state index contributed by atoms with van der Waals surface area (Å²) in [5, 5.41) is 14.1. The van der Waals surface area contributed by atoms with Gasteiger partial charge in [-0.2, -0.15) is 13.2 Å². The Balaban J connectivity index is 1.96. The van der Waals surface area contributed by atoms with Gasteiger partial charge in [0.05, 0.1) is 18.2 Å². The zero-order valence-electron chi connectivity index (χ0n) is 18.6. The van der Waals surface area contributed by atoms with Crippen molar-refractivity contribution in [1.82, 2.24) is 15.2 Å². The molecule has 32 heavy (non-hydrogen) atoms. The van der Waals surface area contributed by atoms with Crippen molar-refractivity contribution in [3.8, 4) is 5.75 Å². The molecule has 2 unspecified atom stereocenters. The molecule has 3 rings (SSSR count). The second-order valence-corrected chi connectivity index (χ2v) is 8.02. The van der Waals surface area contributed by atoms with Crippen LogP contribution >= 0.6 is 0 Å². The summed E-state index contributed by atoms with van der Waals surface area (Å²) in [5.41, 5.74) is 2.17. The van der Waals surface area contributed by atoms with Crippen LogP contribution in [0.25, 0.3) is 5.70 Å². The van der Waals surface area contributed by atoms with E-state index in [1.165, 1.54) is 6.07 Å². The van der Waals surface area contributed by atoms with Crippen molar-refractivity contribution in [3.63, 3.8) is 0 Å². The summed E-state index contributed by atoms with van der Waals surface area (Å²) in [6, 6.07) is 4.70. The van der Waals surface area contributed by atoms with E-state index in [1.807, 2.05) is 18.0 Å². The monoisotopic (exact) mass is 449 g/mol. The molecule has 0 bridgehead atoms. The minimum atomic E-state index is -4.52. The Morgan fingerprint density at radius 1 is 1.25 bits per heavy atom. The number of aromatic hydroxyl groups is 1. The van der Waals surface area contributed by atoms with Gasteiger partial charge < -0.3 is 15.2 Å². The molecular formula is C24H30F3N3O2. The van der Waals surface area contributed by atoms with Gasteiger partial charge in [0, 0.05) is 54.0 Å². The Kier molecular flexibility index (Phi) is 7.79. The number of likely N-dealkylation sites (N-methyl/N-ethyl adjacent to an activating group) is 1. The number of ether oxygens (including phenoxy) is 1. The largest absolute Gasteiger partial charge is 0.508 e. The highest BCUT2D eigenvalue weighted by Gasteiger charge is 2.33. The fraction of sp³-hybridized carbons (Fsp3) is 0.458. The first-order valence-corrected chi connectivity index (χ1v) is 10.8. The third kappa shape index (κ3) is 5.42. The van der Waals surface area contributed by atoms with E-state index < -0.39 is 17.8 Å². The minimum Gasteiger partial charge on any atom is -0.508 e. The van der Waals surface area contributed by atoms with Crippen molar-refractivity contribution >= 4 is 5.70 Å². The van der Waals surface area contributed by atoms with Crippen molar-refractivity contribution in [2.75, 3.05) is 26.8 Å². The van der Waals surface area contributed by atoms with Gasteiger partial charge in [-0.25, -0.2) is 0 Å². The Bertz CT molecular complexity index is 946. The first-order valence-electron chi connectivity index (χ1n) is 10.8. The molecule has 8 heteroatoms. The number of phenols is 1. The summed E-state index contributed by atoms with van der Waals surface area (Å²) in [5.74, 6) is -0.387. The predicted octanol–water partition coefficient (Wildman–Crippen LogP) is 4.98. The molecule has 2 N–H and O–H groups in total. The van der Waals surface area contributed by atoms with Gasteiger partial charge in [0.15, 0.2) is 0 Å². The van der Waals surface area contributed by atoms with Crippen LogP contribution in [-0.4, -0.2) is 47.8 Å². The SMILES string of the molecule is CCCOCC(CC)NC1=CCN(C)C(c2ccc(C(F)(F)F)cc2O)c2cnccc21. The van der Waals surface area contributed by atoms with E-state index in [-0.39, 0.29) is 11.8 Å². The van der Waals surface area contributed by atoms with Crippen LogP contribution in [0.3, 0.4) is 0 Å². The van der Waals surface area contributed by atoms with Crippen LogP contribution in [0.4, 0.5) is 13.2 Å². The summed E-state index contributed by atoms with van der Waals surface area (Å²) in [4.78, 5) is 6.24. The first-order chi connectivity index (χ1) is 15.3. The van der Waals surface area contributed by atoms with E-state index in [2.05, 4.69) is 30.2 Å². The zero-order valence-corrected chi connectivity index (χ0v) is 18.6. The van der Waals surface area contributed by atoms with Crippen LogP contribution < -0.4 is 5.32 Å². The average Bonchev–Trinajstić information content (AvgIpc) is 2.89. The maximum atomic E-state index is 13.1. The van der Waals surface area contributed by atoms with Gasteiger partial charge in [-0.1, -0.05) is 19.9 Å². The molecule has 0 fully saturated rings. The molecule has 2 atom stereocenters. The molecule has 0 spiro atoms. The molecule has 1 aromatic heterocycles. The number of nitrogens with zero attached hydrogens (tertiary/aromatic N) is 2. The highest BCUT2D eigenvalue weighted by molar-refractivity contribution is 5.69. The van der Waals surface area contributed by atoms with E-state index in [9.17, 15) is 18.3 Å². The summed E-state index contributed by atoms with van der Waals surface area (Å²) in [7, 11) is 1.87. The number of hydrogen-bond donors (Lipinski definition) is 2. The Morgan fingerprint density at radius 3 is 2.69 bits per heavy atom. The van der Waals surface area contributed by atoms with Crippen LogP contribution in [0.2, 0.25) is 0 Å². The van der Waals surface area contributed by atoms with E-state index in [0.717, 1.165) is 41.8 Å². The van der Waals surface area contributed by atoms with E-state index >= 15 is 0 Å². The number of nitrogens with one attached hydrogen (secondary N) is 1. The average molecular weight is 450 g/mol. The molecule has 5 nitrogen and oxygen atoms in total. The Morgan fingerprint density at radius 2 is 2.03 bits per heavy atom. The highest BCUT2D eigenvalue weighted by atomic mass is 19.4. The molecule has 174 valence electrons. The molecule has 0 radical (unpaired) electrons. The van der Waals surface area contributed by atoms with Gasteiger partial charge in [0.2, 0.25) is 0 Å². The van der Waals surface area contributed by atoms with Gasteiger partial charge in [0.1, 0.15) is 5.75 Å². The summed E-state index contributed by atoms with van der Waals surface area (Å²) in [6.07, 6.45) is 2.78. The smallest absolute Gasteiger partial charge is 0.416 e. The van der Waals surface area contributed by atoms with E-state index in [4.69, 9.17) is 4.74 Å². The number of pyridine rings is 1. The maximum absolute atomic E-state index is 13.1. The van der Waals surface area contributed by atoms with E-state index in [1.54, 1.807) is 12.4 Å². The number of fused-ring (bicyclic) bond motifs is 1. The van der Waals surface area contributed by atoms with Gasteiger partial charge in [-0.05, 0) is 44.2 Å². The third-order valence-electron chi connectivity index (χ3n) is 5.63. The van der Waals surface area contributed by atoms with Crippen molar-refractivity contribution in [2.45, 2.75) is 44.9 Å². The number of hydrogen-bond acceptors (Lipinski definition) is 5.